The van der Waals surface area contributed by atoms with Crippen LogP contribution in [0.2, 0.25) is 0 Å². The summed E-state index contributed by atoms with van der Waals surface area (Å²) in [6, 6.07) is 12.0. The van der Waals surface area contributed by atoms with Gasteiger partial charge in [-0.3, -0.25) is 4.79 Å². The average Bonchev–Trinajstić information content (AvgIpc) is 3.33. The molecule has 0 unspecified atom stereocenters. The molecule has 10 heteroatoms. The Morgan fingerprint density at radius 3 is 2.77 bits per heavy atom. The zero-order valence-corrected chi connectivity index (χ0v) is 20.5. The SMILES string of the molecule is Cc1nc(N2CCC[C@H]2C(=O)NCC[C@H]2COc3ccccc3O2)nc2cc(S(C)(=O)=O)ccc12. The van der Waals surface area contributed by atoms with Crippen LogP contribution in [-0.2, 0) is 14.6 Å². The van der Waals surface area contributed by atoms with Crippen LogP contribution < -0.4 is 19.7 Å². The number of aromatic nitrogens is 2. The van der Waals surface area contributed by atoms with Crippen LogP contribution >= 0.6 is 0 Å². The Kier molecular flexibility index (Phi) is 6.22. The normalized spacial score (nSPS) is 19.7. The van der Waals surface area contributed by atoms with Gasteiger partial charge in [0, 0.05) is 31.2 Å². The van der Waals surface area contributed by atoms with Crippen LogP contribution in [0.4, 0.5) is 5.95 Å². The number of fused-ring (bicyclic) bond motifs is 2. The monoisotopic (exact) mass is 496 g/mol. The number of nitrogens with one attached hydrogen (secondary N) is 1. The third-order valence-corrected chi connectivity index (χ3v) is 7.53. The van der Waals surface area contributed by atoms with Gasteiger partial charge in [0.15, 0.2) is 21.3 Å². The van der Waals surface area contributed by atoms with Crippen LogP contribution in [0.1, 0.15) is 25.0 Å². The van der Waals surface area contributed by atoms with Crippen molar-refractivity contribution in [3.8, 4) is 11.5 Å². The molecule has 35 heavy (non-hydrogen) atoms. The number of amides is 1. The average molecular weight is 497 g/mol. The lowest BCUT2D eigenvalue weighted by atomic mass is 10.2. The van der Waals surface area contributed by atoms with Crippen LogP contribution in [0.5, 0.6) is 11.5 Å². The quantitative estimate of drug-likeness (QED) is 0.555. The van der Waals surface area contributed by atoms with E-state index in [4.69, 9.17) is 9.47 Å². The van der Waals surface area contributed by atoms with Gasteiger partial charge < -0.3 is 19.7 Å². The lowest BCUT2D eigenvalue weighted by molar-refractivity contribution is -0.122. The lowest BCUT2D eigenvalue weighted by Gasteiger charge is -2.27. The van der Waals surface area contributed by atoms with Gasteiger partial charge in [0.25, 0.3) is 0 Å². The summed E-state index contributed by atoms with van der Waals surface area (Å²) < 4.78 is 35.7. The number of para-hydroxylation sites is 2. The first-order chi connectivity index (χ1) is 16.8. The summed E-state index contributed by atoms with van der Waals surface area (Å²) in [7, 11) is -3.36. The highest BCUT2D eigenvalue weighted by Gasteiger charge is 2.33. The van der Waals surface area contributed by atoms with Crippen LogP contribution in [-0.4, -0.2) is 62.4 Å². The summed E-state index contributed by atoms with van der Waals surface area (Å²) in [4.78, 5) is 24.4. The molecule has 0 spiro atoms. The molecule has 184 valence electrons. The minimum Gasteiger partial charge on any atom is -0.486 e. The first kappa shape index (κ1) is 23.3. The number of hydrogen-bond donors (Lipinski definition) is 1. The summed E-state index contributed by atoms with van der Waals surface area (Å²) in [6.45, 7) is 3.44. The molecule has 1 N–H and O–H groups in total. The van der Waals surface area contributed by atoms with E-state index in [-0.39, 0.29) is 22.9 Å². The highest BCUT2D eigenvalue weighted by atomic mass is 32.2. The number of carbonyl (C=O) groups excluding carboxylic acids is 1. The smallest absolute Gasteiger partial charge is 0.242 e. The minimum atomic E-state index is -3.36. The van der Waals surface area contributed by atoms with Gasteiger partial charge in [-0.1, -0.05) is 12.1 Å². The van der Waals surface area contributed by atoms with Crippen molar-refractivity contribution in [1.29, 1.82) is 0 Å². The number of rotatable bonds is 6. The van der Waals surface area contributed by atoms with Gasteiger partial charge in [-0.25, -0.2) is 18.4 Å². The van der Waals surface area contributed by atoms with Crippen LogP contribution in [0.15, 0.2) is 47.4 Å². The van der Waals surface area contributed by atoms with E-state index >= 15 is 0 Å². The van der Waals surface area contributed by atoms with Crippen molar-refractivity contribution in [3.05, 3.63) is 48.2 Å². The molecule has 0 aliphatic carbocycles. The number of sulfone groups is 1. The number of ether oxygens (including phenoxy) is 2. The van der Waals surface area contributed by atoms with Crippen molar-refractivity contribution in [2.24, 2.45) is 0 Å². The number of carbonyl (C=O) groups is 1. The Labute approximate surface area is 204 Å². The van der Waals surface area contributed by atoms with E-state index in [1.54, 1.807) is 18.2 Å². The van der Waals surface area contributed by atoms with Crippen LogP contribution in [0.3, 0.4) is 0 Å². The molecule has 2 aromatic carbocycles. The fourth-order valence-corrected chi connectivity index (χ4v) is 5.21. The van der Waals surface area contributed by atoms with Crippen molar-refractivity contribution in [2.45, 2.75) is 43.2 Å². The summed E-state index contributed by atoms with van der Waals surface area (Å²) in [6.07, 6.45) is 3.23. The second-order valence-corrected chi connectivity index (χ2v) is 11.0. The van der Waals surface area contributed by atoms with Crippen LogP contribution in [0, 0.1) is 6.92 Å². The molecule has 1 amide bonds. The summed E-state index contributed by atoms with van der Waals surface area (Å²) >= 11 is 0. The van der Waals surface area contributed by atoms with E-state index in [0.717, 1.165) is 29.0 Å². The number of aryl methyl sites for hydroxylation is 1. The van der Waals surface area contributed by atoms with Gasteiger partial charge in [0.05, 0.1) is 16.1 Å². The molecule has 3 heterocycles. The fourth-order valence-electron chi connectivity index (χ4n) is 4.57. The Bertz CT molecular complexity index is 1380. The molecule has 0 saturated carbocycles. The summed E-state index contributed by atoms with van der Waals surface area (Å²) in [5.74, 6) is 1.83. The molecule has 2 aliphatic rings. The zero-order valence-electron chi connectivity index (χ0n) is 19.7. The molecule has 1 saturated heterocycles. The van der Waals surface area contributed by atoms with Crippen molar-refractivity contribution in [2.75, 3.05) is 30.9 Å². The van der Waals surface area contributed by atoms with Crippen molar-refractivity contribution < 1.29 is 22.7 Å². The molecule has 3 aromatic rings. The molecule has 0 bridgehead atoms. The van der Waals surface area contributed by atoms with Gasteiger partial charge in [0.2, 0.25) is 11.9 Å². The second kappa shape index (κ2) is 9.33. The van der Waals surface area contributed by atoms with Gasteiger partial charge in [-0.05, 0) is 50.1 Å². The standard InChI is InChI=1S/C25H28N4O5S/c1-16-19-10-9-18(35(2,31)32)14-20(19)28-25(27-16)29-13-5-6-21(29)24(30)26-12-11-17-15-33-22-7-3-4-8-23(22)34-17/h3-4,7-10,14,17,21H,5-6,11-13,15H2,1-2H3,(H,26,30)/t17-,21-/m0/s1. The topological polar surface area (TPSA) is 111 Å². The summed E-state index contributed by atoms with van der Waals surface area (Å²) in [5, 5.41) is 3.81. The van der Waals surface area contributed by atoms with E-state index in [9.17, 15) is 13.2 Å². The van der Waals surface area contributed by atoms with E-state index in [1.165, 1.54) is 6.26 Å². The van der Waals surface area contributed by atoms with Crippen molar-refractivity contribution in [3.63, 3.8) is 0 Å². The predicted molar refractivity (Wildman–Crippen MR) is 132 cm³/mol. The van der Waals surface area contributed by atoms with E-state index in [2.05, 4.69) is 15.3 Å². The van der Waals surface area contributed by atoms with E-state index < -0.39 is 9.84 Å². The Morgan fingerprint density at radius 1 is 1.17 bits per heavy atom. The van der Waals surface area contributed by atoms with Crippen molar-refractivity contribution >= 4 is 32.6 Å². The molecule has 2 aliphatic heterocycles. The maximum Gasteiger partial charge on any atom is 0.242 e. The molecule has 2 atom stereocenters. The number of hydrogen-bond acceptors (Lipinski definition) is 8. The first-order valence-corrected chi connectivity index (χ1v) is 13.6. The molecule has 0 radical (unpaired) electrons. The molecular formula is C25H28N4O5S. The highest BCUT2D eigenvalue weighted by molar-refractivity contribution is 7.90. The second-order valence-electron chi connectivity index (χ2n) is 8.99. The van der Waals surface area contributed by atoms with Gasteiger partial charge in [-0.15, -0.1) is 0 Å². The predicted octanol–water partition coefficient (Wildman–Crippen LogP) is 2.66. The van der Waals surface area contributed by atoms with Crippen LogP contribution in [0.25, 0.3) is 10.9 Å². The van der Waals surface area contributed by atoms with E-state index in [0.29, 0.717) is 44.0 Å². The molecule has 1 aromatic heterocycles. The molecular weight excluding hydrogens is 468 g/mol. The first-order valence-electron chi connectivity index (χ1n) is 11.7. The number of nitrogens with zero attached hydrogens (tertiary/aromatic N) is 3. The molecule has 1 fully saturated rings. The van der Waals surface area contributed by atoms with Gasteiger partial charge in [-0.2, -0.15) is 0 Å². The van der Waals surface area contributed by atoms with Gasteiger partial charge in [0.1, 0.15) is 18.8 Å². The highest BCUT2D eigenvalue weighted by Crippen LogP contribution is 2.31. The minimum absolute atomic E-state index is 0.0779. The number of benzene rings is 2. The van der Waals surface area contributed by atoms with E-state index in [1.807, 2.05) is 36.1 Å². The fraction of sp³-hybridized carbons (Fsp3) is 0.400. The molecule has 9 nitrogen and oxygen atoms in total. The maximum atomic E-state index is 13.0. The Balaban J connectivity index is 1.26. The maximum absolute atomic E-state index is 13.0. The Hall–Kier alpha value is -3.40. The zero-order chi connectivity index (χ0) is 24.6. The lowest BCUT2D eigenvalue weighted by Crippen LogP contribution is -2.45. The third-order valence-electron chi connectivity index (χ3n) is 6.42. The number of anilines is 1. The summed E-state index contributed by atoms with van der Waals surface area (Å²) in [5.41, 5.74) is 1.29. The van der Waals surface area contributed by atoms with Gasteiger partial charge >= 0.3 is 0 Å². The Morgan fingerprint density at radius 2 is 1.97 bits per heavy atom. The largest absolute Gasteiger partial charge is 0.486 e. The third kappa shape index (κ3) is 4.88. The van der Waals surface area contributed by atoms with Crippen molar-refractivity contribution in [1.82, 2.24) is 15.3 Å². The molecule has 5 rings (SSSR count).